The van der Waals surface area contributed by atoms with Crippen molar-refractivity contribution in [2.24, 2.45) is 7.05 Å². The van der Waals surface area contributed by atoms with Crippen LogP contribution in [0.15, 0.2) is 0 Å². The van der Waals surface area contributed by atoms with Crippen LogP contribution in [0.2, 0.25) is 0 Å². The molecule has 2 atom stereocenters. The van der Waals surface area contributed by atoms with Crippen molar-refractivity contribution in [3.8, 4) is 0 Å². The number of nitrogens with zero attached hydrogens (tertiary/aromatic N) is 3. The highest BCUT2D eigenvalue weighted by molar-refractivity contribution is 5.85. The lowest BCUT2D eigenvalue weighted by Crippen LogP contribution is -2.48. The van der Waals surface area contributed by atoms with E-state index in [1.165, 1.54) is 0 Å². The number of halogens is 2. The van der Waals surface area contributed by atoms with E-state index in [2.05, 4.69) is 10.4 Å². The number of aryl methyl sites for hydroxylation is 2. The number of likely N-dealkylation sites (tertiary alicyclic amines) is 1. The van der Waals surface area contributed by atoms with Gasteiger partial charge in [0.2, 0.25) is 5.91 Å². The minimum absolute atomic E-state index is 0. The largest absolute Gasteiger partial charge is 0.341 e. The summed E-state index contributed by atoms with van der Waals surface area (Å²) in [6.45, 7) is 7.71. The molecule has 22 heavy (non-hydrogen) atoms. The van der Waals surface area contributed by atoms with E-state index in [4.69, 9.17) is 0 Å². The molecule has 1 aliphatic rings. The Hall–Kier alpha value is -0.780. The molecular weight excluding hydrogens is 323 g/mol. The number of nitrogens with one attached hydrogen (secondary N) is 1. The predicted molar refractivity (Wildman–Crippen MR) is 94.3 cm³/mol. The first-order chi connectivity index (χ1) is 9.45. The first-order valence-electron chi connectivity index (χ1n) is 7.41. The highest BCUT2D eigenvalue weighted by atomic mass is 35.5. The summed E-state index contributed by atoms with van der Waals surface area (Å²) >= 11 is 0. The highest BCUT2D eigenvalue weighted by Crippen LogP contribution is 2.26. The summed E-state index contributed by atoms with van der Waals surface area (Å²) in [5.74, 6) is 0.114. The zero-order valence-electron chi connectivity index (χ0n) is 14.0. The van der Waals surface area contributed by atoms with Gasteiger partial charge >= 0.3 is 0 Å². The molecule has 1 amide bonds. The van der Waals surface area contributed by atoms with E-state index >= 15 is 0 Å². The van der Waals surface area contributed by atoms with E-state index < -0.39 is 0 Å². The van der Waals surface area contributed by atoms with Crippen LogP contribution in [-0.2, 0) is 11.8 Å². The number of hydrogen-bond donors (Lipinski definition) is 1. The fourth-order valence-electron chi connectivity index (χ4n) is 3.23. The van der Waals surface area contributed by atoms with Crippen LogP contribution in [-0.4, -0.2) is 46.8 Å². The van der Waals surface area contributed by atoms with Gasteiger partial charge in [0, 0.05) is 37.4 Å². The molecule has 0 aromatic carbocycles. The standard InChI is InChI=1S/C15H26N4O.2ClH/c1-10(14-11(2)17-18(5)12(14)3)15(20)19-8-6-7-13(9-19)16-4;;/h10,13,16H,6-9H2,1-5H3;2*1H. The molecule has 0 spiro atoms. The van der Waals surface area contributed by atoms with Crippen molar-refractivity contribution in [2.75, 3.05) is 20.1 Å². The average Bonchev–Trinajstić information content (AvgIpc) is 2.70. The molecule has 7 heteroatoms. The number of piperidine rings is 1. The molecule has 1 saturated heterocycles. The molecule has 2 unspecified atom stereocenters. The third-order valence-corrected chi connectivity index (χ3v) is 4.51. The monoisotopic (exact) mass is 350 g/mol. The van der Waals surface area contributed by atoms with Crippen molar-refractivity contribution >= 4 is 30.7 Å². The Balaban J connectivity index is 0.00000220. The minimum atomic E-state index is -0.112. The minimum Gasteiger partial charge on any atom is -0.341 e. The lowest BCUT2D eigenvalue weighted by molar-refractivity contribution is -0.133. The Morgan fingerprint density at radius 2 is 2.00 bits per heavy atom. The molecule has 1 fully saturated rings. The molecule has 1 aliphatic heterocycles. The average molecular weight is 351 g/mol. The highest BCUT2D eigenvalue weighted by Gasteiger charge is 2.29. The smallest absolute Gasteiger partial charge is 0.230 e. The normalized spacial score (nSPS) is 19.1. The predicted octanol–water partition coefficient (Wildman–Crippen LogP) is 2.19. The lowest BCUT2D eigenvalue weighted by atomic mass is 9.96. The van der Waals surface area contributed by atoms with Gasteiger partial charge in [-0.1, -0.05) is 0 Å². The quantitative estimate of drug-likeness (QED) is 0.908. The Morgan fingerprint density at radius 3 is 2.50 bits per heavy atom. The van der Waals surface area contributed by atoms with Crippen molar-refractivity contribution in [3.63, 3.8) is 0 Å². The van der Waals surface area contributed by atoms with Crippen LogP contribution in [0.1, 0.15) is 42.6 Å². The van der Waals surface area contributed by atoms with Gasteiger partial charge in [-0.2, -0.15) is 5.10 Å². The van der Waals surface area contributed by atoms with Crippen LogP contribution in [0.3, 0.4) is 0 Å². The maximum atomic E-state index is 12.7. The number of amides is 1. The van der Waals surface area contributed by atoms with Crippen LogP contribution in [0.25, 0.3) is 0 Å². The summed E-state index contributed by atoms with van der Waals surface area (Å²) in [6.07, 6.45) is 2.23. The summed E-state index contributed by atoms with van der Waals surface area (Å²) < 4.78 is 1.86. The number of likely N-dealkylation sites (N-methyl/N-ethyl adjacent to an activating group) is 1. The number of carbonyl (C=O) groups excluding carboxylic acids is 1. The summed E-state index contributed by atoms with van der Waals surface area (Å²) in [5.41, 5.74) is 3.14. The zero-order chi connectivity index (χ0) is 14.9. The molecule has 1 N–H and O–H groups in total. The van der Waals surface area contributed by atoms with Crippen LogP contribution in [0.5, 0.6) is 0 Å². The molecule has 5 nitrogen and oxygen atoms in total. The zero-order valence-corrected chi connectivity index (χ0v) is 15.7. The third kappa shape index (κ3) is 4.15. The van der Waals surface area contributed by atoms with Gasteiger partial charge in [-0.3, -0.25) is 9.48 Å². The van der Waals surface area contributed by atoms with Crippen molar-refractivity contribution in [2.45, 2.75) is 45.6 Å². The number of rotatable bonds is 3. The fraction of sp³-hybridized carbons (Fsp3) is 0.733. The molecule has 128 valence electrons. The molecule has 0 saturated carbocycles. The molecule has 0 aliphatic carbocycles. The van der Waals surface area contributed by atoms with Gasteiger partial charge in [-0.25, -0.2) is 0 Å². The van der Waals surface area contributed by atoms with Crippen LogP contribution < -0.4 is 5.32 Å². The topological polar surface area (TPSA) is 50.2 Å². The number of aromatic nitrogens is 2. The molecule has 2 rings (SSSR count). The van der Waals surface area contributed by atoms with Gasteiger partial charge in [-0.05, 0) is 40.7 Å². The van der Waals surface area contributed by atoms with Crippen molar-refractivity contribution in [1.29, 1.82) is 0 Å². The van der Waals surface area contributed by atoms with Gasteiger partial charge in [0.15, 0.2) is 0 Å². The molecule has 1 aromatic heterocycles. The number of carbonyl (C=O) groups is 1. The van der Waals surface area contributed by atoms with E-state index in [-0.39, 0.29) is 36.6 Å². The Morgan fingerprint density at radius 1 is 1.36 bits per heavy atom. The van der Waals surface area contributed by atoms with Crippen LogP contribution in [0, 0.1) is 13.8 Å². The fourth-order valence-corrected chi connectivity index (χ4v) is 3.23. The van der Waals surface area contributed by atoms with E-state index in [1.807, 2.05) is 44.4 Å². The third-order valence-electron chi connectivity index (χ3n) is 4.51. The van der Waals surface area contributed by atoms with Gasteiger partial charge in [0.25, 0.3) is 0 Å². The van der Waals surface area contributed by atoms with E-state index in [0.29, 0.717) is 6.04 Å². The molecule has 0 radical (unpaired) electrons. The Bertz CT molecular complexity index is 504. The number of hydrogen-bond acceptors (Lipinski definition) is 3. The SMILES string of the molecule is CNC1CCCN(C(=O)C(C)c2c(C)nn(C)c2C)C1.Cl.Cl. The van der Waals surface area contributed by atoms with E-state index in [0.717, 1.165) is 42.9 Å². The summed E-state index contributed by atoms with van der Waals surface area (Å²) in [4.78, 5) is 14.7. The second-order valence-corrected chi connectivity index (χ2v) is 5.84. The lowest BCUT2D eigenvalue weighted by Gasteiger charge is -2.34. The summed E-state index contributed by atoms with van der Waals surface area (Å²) in [6, 6.07) is 0.427. The van der Waals surface area contributed by atoms with Crippen LogP contribution in [0.4, 0.5) is 0 Å². The van der Waals surface area contributed by atoms with Gasteiger partial charge in [-0.15, -0.1) is 24.8 Å². The molecule has 2 heterocycles. The van der Waals surface area contributed by atoms with Gasteiger partial charge in [0.05, 0.1) is 11.6 Å². The van der Waals surface area contributed by atoms with E-state index in [9.17, 15) is 4.79 Å². The van der Waals surface area contributed by atoms with E-state index in [1.54, 1.807) is 0 Å². The molecular formula is C15H28Cl2N4O. The van der Waals surface area contributed by atoms with Crippen molar-refractivity contribution in [3.05, 3.63) is 17.0 Å². The summed E-state index contributed by atoms with van der Waals surface area (Å²) in [7, 11) is 3.90. The molecule has 1 aromatic rings. The summed E-state index contributed by atoms with van der Waals surface area (Å²) in [5, 5.41) is 7.71. The molecule has 0 bridgehead atoms. The Kier molecular flexibility index (Phi) is 8.44. The Labute approximate surface area is 145 Å². The van der Waals surface area contributed by atoms with Crippen LogP contribution >= 0.6 is 24.8 Å². The van der Waals surface area contributed by atoms with Gasteiger partial charge < -0.3 is 10.2 Å². The first-order valence-corrected chi connectivity index (χ1v) is 7.41. The first kappa shape index (κ1) is 21.2. The van der Waals surface area contributed by atoms with Gasteiger partial charge in [0.1, 0.15) is 0 Å². The second-order valence-electron chi connectivity index (χ2n) is 5.84. The second kappa shape index (κ2) is 8.75. The maximum absolute atomic E-state index is 12.7. The maximum Gasteiger partial charge on any atom is 0.230 e. The van der Waals surface area contributed by atoms with Crippen molar-refractivity contribution < 1.29 is 4.79 Å². The van der Waals surface area contributed by atoms with Crippen molar-refractivity contribution in [1.82, 2.24) is 20.0 Å².